The highest BCUT2D eigenvalue weighted by molar-refractivity contribution is 5.29. The first-order chi connectivity index (χ1) is 8.30. The van der Waals surface area contributed by atoms with Crippen LogP contribution in [0.15, 0.2) is 18.2 Å². The van der Waals surface area contributed by atoms with E-state index >= 15 is 0 Å². The van der Waals surface area contributed by atoms with Gasteiger partial charge >= 0.3 is 0 Å². The van der Waals surface area contributed by atoms with Gasteiger partial charge in [0.2, 0.25) is 0 Å². The Morgan fingerprint density at radius 1 is 1.28 bits per heavy atom. The molecule has 1 N–H and O–H groups in total. The lowest BCUT2D eigenvalue weighted by Gasteiger charge is -2.21. The number of benzene rings is 1. The Balaban J connectivity index is 2.74. The summed E-state index contributed by atoms with van der Waals surface area (Å²) in [4.78, 5) is 0. The third-order valence-electron chi connectivity index (χ3n) is 2.67. The van der Waals surface area contributed by atoms with E-state index in [2.05, 4.69) is 26.1 Å². The normalized spacial score (nSPS) is 13.4. The zero-order chi connectivity index (χ0) is 13.8. The van der Waals surface area contributed by atoms with Gasteiger partial charge in [-0.05, 0) is 51.8 Å². The first kappa shape index (κ1) is 15.0. The van der Waals surface area contributed by atoms with Gasteiger partial charge < -0.3 is 10.1 Å². The van der Waals surface area contributed by atoms with E-state index in [1.165, 1.54) is 6.07 Å². The fourth-order valence-corrected chi connectivity index (χ4v) is 1.47. The van der Waals surface area contributed by atoms with E-state index in [9.17, 15) is 4.39 Å². The Hall–Kier alpha value is -1.09. The highest BCUT2D eigenvalue weighted by Crippen LogP contribution is 2.19. The molecule has 0 aliphatic carbocycles. The second-order valence-corrected chi connectivity index (χ2v) is 5.74. The topological polar surface area (TPSA) is 21.3 Å². The van der Waals surface area contributed by atoms with Crippen molar-refractivity contribution in [2.45, 2.75) is 59.2 Å². The summed E-state index contributed by atoms with van der Waals surface area (Å²) in [6, 6.07) is 4.88. The van der Waals surface area contributed by atoms with Crippen LogP contribution in [0.3, 0.4) is 0 Å². The van der Waals surface area contributed by atoms with Crippen LogP contribution in [0.4, 0.5) is 4.39 Å². The Bertz CT molecular complexity index is 385. The molecule has 1 rings (SSSR count). The molecule has 102 valence electrons. The standard InChI is InChI=1S/C15H24FNO/c1-6-11(2)18-14-8-12(7-13(16)9-14)10-17-15(3,4)5/h7-9,11,17H,6,10H2,1-5H3. The molecule has 1 unspecified atom stereocenters. The van der Waals surface area contributed by atoms with Crippen molar-refractivity contribution >= 4 is 0 Å². The summed E-state index contributed by atoms with van der Waals surface area (Å²) in [7, 11) is 0. The van der Waals surface area contributed by atoms with Gasteiger partial charge in [0.25, 0.3) is 0 Å². The van der Waals surface area contributed by atoms with Gasteiger partial charge in [-0.2, -0.15) is 0 Å². The van der Waals surface area contributed by atoms with Gasteiger partial charge in [-0.3, -0.25) is 0 Å². The number of ether oxygens (including phenoxy) is 1. The third-order valence-corrected chi connectivity index (χ3v) is 2.67. The molecule has 0 spiro atoms. The van der Waals surface area contributed by atoms with E-state index in [0.29, 0.717) is 12.3 Å². The van der Waals surface area contributed by atoms with Crippen molar-refractivity contribution in [2.24, 2.45) is 0 Å². The van der Waals surface area contributed by atoms with E-state index in [4.69, 9.17) is 4.74 Å². The molecular formula is C15H24FNO. The second-order valence-electron chi connectivity index (χ2n) is 5.74. The minimum absolute atomic E-state index is 0.0179. The smallest absolute Gasteiger partial charge is 0.127 e. The van der Waals surface area contributed by atoms with Crippen LogP contribution in [0.1, 0.15) is 46.6 Å². The zero-order valence-corrected chi connectivity index (χ0v) is 12.0. The fourth-order valence-electron chi connectivity index (χ4n) is 1.47. The molecule has 0 heterocycles. The van der Waals surface area contributed by atoms with Crippen LogP contribution in [0.25, 0.3) is 0 Å². The Morgan fingerprint density at radius 3 is 2.50 bits per heavy atom. The Morgan fingerprint density at radius 2 is 1.94 bits per heavy atom. The maximum atomic E-state index is 13.5. The van der Waals surface area contributed by atoms with Gasteiger partial charge in [-0.15, -0.1) is 0 Å². The second kappa shape index (κ2) is 6.19. The number of hydrogen-bond donors (Lipinski definition) is 1. The van der Waals surface area contributed by atoms with Crippen LogP contribution in [-0.2, 0) is 6.54 Å². The van der Waals surface area contributed by atoms with E-state index in [1.54, 1.807) is 6.07 Å². The first-order valence-corrected chi connectivity index (χ1v) is 6.51. The number of halogens is 1. The molecule has 18 heavy (non-hydrogen) atoms. The van der Waals surface area contributed by atoms with E-state index in [-0.39, 0.29) is 17.5 Å². The lowest BCUT2D eigenvalue weighted by Crippen LogP contribution is -2.35. The molecule has 0 bridgehead atoms. The number of nitrogens with one attached hydrogen (secondary N) is 1. The van der Waals surface area contributed by atoms with Crippen molar-refractivity contribution in [3.63, 3.8) is 0 Å². The van der Waals surface area contributed by atoms with E-state index < -0.39 is 0 Å². The van der Waals surface area contributed by atoms with Crippen molar-refractivity contribution in [3.05, 3.63) is 29.6 Å². The molecule has 0 aromatic heterocycles. The van der Waals surface area contributed by atoms with Crippen LogP contribution in [0, 0.1) is 5.82 Å². The van der Waals surface area contributed by atoms with Crippen LogP contribution in [-0.4, -0.2) is 11.6 Å². The van der Waals surface area contributed by atoms with Gasteiger partial charge in [0.1, 0.15) is 11.6 Å². The predicted molar refractivity (Wildman–Crippen MR) is 73.4 cm³/mol. The average Bonchev–Trinajstić information content (AvgIpc) is 2.24. The summed E-state index contributed by atoms with van der Waals surface area (Å²) >= 11 is 0. The van der Waals surface area contributed by atoms with Gasteiger partial charge in [-0.25, -0.2) is 4.39 Å². The van der Waals surface area contributed by atoms with Crippen molar-refractivity contribution < 1.29 is 9.13 Å². The predicted octanol–water partition coefficient (Wildman–Crippen LogP) is 3.89. The summed E-state index contributed by atoms with van der Waals surface area (Å²) in [6.45, 7) is 10.9. The molecule has 1 aromatic carbocycles. The SMILES string of the molecule is CCC(C)Oc1cc(F)cc(CNC(C)(C)C)c1. The molecule has 1 atom stereocenters. The highest BCUT2D eigenvalue weighted by atomic mass is 19.1. The summed E-state index contributed by atoms with van der Waals surface area (Å²) in [5.41, 5.74) is 0.924. The molecule has 0 saturated carbocycles. The van der Waals surface area contributed by atoms with Crippen molar-refractivity contribution in [3.8, 4) is 5.75 Å². The van der Waals surface area contributed by atoms with Crippen molar-refractivity contribution in [2.75, 3.05) is 0 Å². The average molecular weight is 253 g/mol. The van der Waals surface area contributed by atoms with Gasteiger partial charge in [-0.1, -0.05) is 6.92 Å². The maximum Gasteiger partial charge on any atom is 0.127 e. The molecule has 0 aliphatic rings. The molecule has 0 fully saturated rings. The summed E-state index contributed by atoms with van der Waals surface area (Å²) < 4.78 is 19.1. The molecule has 0 saturated heterocycles. The van der Waals surface area contributed by atoms with E-state index in [1.807, 2.05) is 19.9 Å². The van der Waals surface area contributed by atoms with Crippen LogP contribution in [0.2, 0.25) is 0 Å². The molecule has 2 nitrogen and oxygen atoms in total. The van der Waals surface area contributed by atoms with Crippen LogP contribution >= 0.6 is 0 Å². The number of hydrogen-bond acceptors (Lipinski definition) is 2. The largest absolute Gasteiger partial charge is 0.491 e. The first-order valence-electron chi connectivity index (χ1n) is 6.51. The summed E-state index contributed by atoms with van der Waals surface area (Å²) in [6.07, 6.45) is 1.02. The van der Waals surface area contributed by atoms with Gasteiger partial charge in [0, 0.05) is 18.2 Å². The van der Waals surface area contributed by atoms with Crippen LogP contribution < -0.4 is 10.1 Å². The zero-order valence-electron chi connectivity index (χ0n) is 12.0. The lowest BCUT2D eigenvalue weighted by atomic mass is 10.1. The third kappa shape index (κ3) is 5.50. The molecule has 0 aliphatic heterocycles. The van der Waals surface area contributed by atoms with Crippen molar-refractivity contribution in [1.82, 2.24) is 5.32 Å². The fraction of sp³-hybridized carbons (Fsp3) is 0.600. The number of rotatable bonds is 5. The maximum absolute atomic E-state index is 13.5. The van der Waals surface area contributed by atoms with Gasteiger partial charge in [0.15, 0.2) is 0 Å². The molecular weight excluding hydrogens is 229 g/mol. The van der Waals surface area contributed by atoms with Gasteiger partial charge in [0.05, 0.1) is 6.10 Å². The Kier molecular flexibility index (Phi) is 5.15. The molecule has 0 amide bonds. The molecule has 3 heteroatoms. The lowest BCUT2D eigenvalue weighted by molar-refractivity contribution is 0.216. The van der Waals surface area contributed by atoms with E-state index in [0.717, 1.165) is 12.0 Å². The minimum Gasteiger partial charge on any atom is -0.491 e. The quantitative estimate of drug-likeness (QED) is 0.859. The summed E-state index contributed by atoms with van der Waals surface area (Å²) in [5.74, 6) is 0.358. The molecule has 1 aromatic rings. The Labute approximate surface area is 110 Å². The minimum atomic E-state index is -0.249. The van der Waals surface area contributed by atoms with Crippen molar-refractivity contribution in [1.29, 1.82) is 0 Å². The van der Waals surface area contributed by atoms with Crippen LogP contribution in [0.5, 0.6) is 5.75 Å². The summed E-state index contributed by atoms with van der Waals surface area (Å²) in [5, 5.41) is 3.34. The monoisotopic (exact) mass is 253 g/mol. The molecule has 0 radical (unpaired) electrons. The highest BCUT2D eigenvalue weighted by Gasteiger charge is 2.10.